The van der Waals surface area contributed by atoms with Gasteiger partial charge in [-0.25, -0.2) is 0 Å². The summed E-state index contributed by atoms with van der Waals surface area (Å²) in [7, 11) is -4.14. The van der Waals surface area contributed by atoms with Crippen molar-refractivity contribution in [3.63, 3.8) is 0 Å². The lowest BCUT2D eigenvalue weighted by Gasteiger charge is -2.35. The first-order valence-electron chi connectivity index (χ1n) is 6.13. The highest BCUT2D eigenvalue weighted by Crippen LogP contribution is 2.27. The zero-order chi connectivity index (χ0) is 12.4. The van der Waals surface area contributed by atoms with Crippen LogP contribution >= 0.6 is 0 Å². The molecule has 0 aliphatic heterocycles. The molecule has 0 bridgehead atoms. The number of rotatable bonds is 3. The fourth-order valence-electron chi connectivity index (χ4n) is 2.57. The van der Waals surface area contributed by atoms with E-state index in [-0.39, 0.29) is 6.04 Å². The van der Waals surface area contributed by atoms with Crippen LogP contribution in [-0.2, 0) is 10.1 Å². The van der Waals surface area contributed by atoms with Crippen molar-refractivity contribution < 1.29 is 13.0 Å². The van der Waals surface area contributed by atoms with E-state index < -0.39 is 15.0 Å². The predicted molar refractivity (Wildman–Crippen MR) is 67.2 cm³/mol. The number of hydrogen-bond acceptors (Lipinski definition) is 3. The normalized spacial score (nSPS) is 30.6. The van der Waals surface area contributed by atoms with Crippen molar-refractivity contribution in [1.82, 2.24) is 5.32 Å². The first-order valence-corrected chi connectivity index (χ1v) is 7.57. The Bertz CT molecular complexity index is 421. The Morgan fingerprint density at radius 1 is 1.18 bits per heavy atom. The highest BCUT2D eigenvalue weighted by Gasteiger charge is 2.41. The molecule has 0 amide bonds. The molecule has 0 aromatic heterocycles. The van der Waals surface area contributed by atoms with Crippen molar-refractivity contribution in [3.05, 3.63) is 24.3 Å². The van der Waals surface area contributed by atoms with Crippen LogP contribution in [0.2, 0.25) is 0 Å². The minimum atomic E-state index is -4.14. The molecule has 1 unspecified atom stereocenters. The molecule has 0 saturated heterocycles. The predicted octanol–water partition coefficient (Wildman–Crippen LogP) is 2.01. The summed E-state index contributed by atoms with van der Waals surface area (Å²) in [5.41, 5.74) is 0. The molecular weight excluding hydrogens is 238 g/mol. The molecule has 0 radical (unpaired) electrons. The van der Waals surface area contributed by atoms with Gasteiger partial charge in [0, 0.05) is 12.5 Å². The van der Waals surface area contributed by atoms with Gasteiger partial charge in [-0.1, -0.05) is 37.5 Å². The summed E-state index contributed by atoms with van der Waals surface area (Å²) < 4.78 is 32.6. The molecule has 1 saturated carbocycles. The van der Waals surface area contributed by atoms with Crippen molar-refractivity contribution in [3.8, 4) is 0 Å². The molecule has 96 valence electrons. The van der Waals surface area contributed by atoms with Gasteiger partial charge < -0.3 is 0 Å². The molecule has 5 heteroatoms. The molecule has 2 aliphatic rings. The van der Waals surface area contributed by atoms with Gasteiger partial charge in [-0.3, -0.25) is 9.87 Å². The maximum absolute atomic E-state index is 11.6. The Balaban J connectivity index is 2.17. The second kappa shape index (κ2) is 4.92. The fraction of sp³-hybridized carbons (Fsp3) is 0.667. The number of nitrogens with one attached hydrogen (secondary N) is 1. The summed E-state index contributed by atoms with van der Waals surface area (Å²) in [6.07, 6.45) is 12.5. The van der Waals surface area contributed by atoms with Crippen LogP contribution in [0.15, 0.2) is 24.3 Å². The van der Waals surface area contributed by atoms with Crippen molar-refractivity contribution in [2.24, 2.45) is 0 Å². The maximum atomic E-state index is 11.6. The Morgan fingerprint density at radius 3 is 2.41 bits per heavy atom. The van der Waals surface area contributed by atoms with Gasteiger partial charge in [0.05, 0.1) is 0 Å². The fourth-order valence-corrected chi connectivity index (χ4v) is 3.44. The van der Waals surface area contributed by atoms with Crippen LogP contribution in [0.5, 0.6) is 0 Å². The van der Waals surface area contributed by atoms with Crippen LogP contribution in [0, 0.1) is 0 Å². The molecule has 17 heavy (non-hydrogen) atoms. The van der Waals surface area contributed by atoms with Crippen molar-refractivity contribution >= 4 is 10.1 Å². The largest absolute Gasteiger partial charge is 0.290 e. The van der Waals surface area contributed by atoms with E-state index in [0.29, 0.717) is 6.42 Å². The first-order chi connectivity index (χ1) is 8.04. The Labute approximate surface area is 103 Å². The summed E-state index contributed by atoms with van der Waals surface area (Å²) in [6, 6.07) is 0.182. The van der Waals surface area contributed by atoms with Crippen LogP contribution in [0.4, 0.5) is 0 Å². The van der Waals surface area contributed by atoms with Crippen LogP contribution < -0.4 is 5.32 Å². The molecule has 0 aromatic rings. The van der Waals surface area contributed by atoms with Crippen molar-refractivity contribution in [2.45, 2.75) is 49.4 Å². The summed E-state index contributed by atoms with van der Waals surface area (Å²) in [4.78, 5) is -1.32. The van der Waals surface area contributed by atoms with Gasteiger partial charge >= 0.3 is 0 Å². The first kappa shape index (κ1) is 12.8. The van der Waals surface area contributed by atoms with Crippen LogP contribution in [0.25, 0.3) is 0 Å². The van der Waals surface area contributed by atoms with Gasteiger partial charge in [0.1, 0.15) is 0 Å². The monoisotopic (exact) mass is 257 g/mol. The standard InChI is InChI=1S/C12H19NO3S/c14-17(15,16)12(9-5-2-6-10-12)13-11-7-3-1-4-8-11/h2,5-6,9,11,13H,1,3-4,7-8,10H2,(H,14,15,16). The number of allylic oxidation sites excluding steroid dienone is 2. The molecule has 4 nitrogen and oxygen atoms in total. The minimum absolute atomic E-state index is 0.182. The van der Waals surface area contributed by atoms with Gasteiger partial charge in [0.2, 0.25) is 0 Å². The SMILES string of the molecule is O=S(=O)(O)C1(NC2CCCCC2)C=CC=CC1. The lowest BCUT2D eigenvalue weighted by molar-refractivity contribution is 0.319. The second-order valence-corrected chi connectivity index (χ2v) is 6.51. The highest BCUT2D eigenvalue weighted by atomic mass is 32.2. The summed E-state index contributed by atoms with van der Waals surface area (Å²) >= 11 is 0. The quantitative estimate of drug-likeness (QED) is 0.759. The highest BCUT2D eigenvalue weighted by molar-refractivity contribution is 7.87. The summed E-state index contributed by atoms with van der Waals surface area (Å²) in [5.74, 6) is 0. The lowest BCUT2D eigenvalue weighted by Crippen LogP contribution is -2.54. The van der Waals surface area contributed by atoms with E-state index in [2.05, 4.69) is 5.32 Å². The van der Waals surface area contributed by atoms with E-state index in [9.17, 15) is 13.0 Å². The van der Waals surface area contributed by atoms with E-state index in [0.717, 1.165) is 25.7 Å². The molecule has 2 N–H and O–H groups in total. The zero-order valence-corrected chi connectivity index (χ0v) is 10.6. The summed E-state index contributed by atoms with van der Waals surface area (Å²) in [6.45, 7) is 0. The maximum Gasteiger partial charge on any atom is 0.288 e. The van der Waals surface area contributed by atoms with Gasteiger partial charge in [0.25, 0.3) is 10.1 Å². The van der Waals surface area contributed by atoms with Crippen molar-refractivity contribution in [1.29, 1.82) is 0 Å². The minimum Gasteiger partial charge on any atom is -0.290 e. The van der Waals surface area contributed by atoms with Crippen LogP contribution in [0.3, 0.4) is 0 Å². The van der Waals surface area contributed by atoms with Gasteiger partial charge in [-0.15, -0.1) is 0 Å². The van der Waals surface area contributed by atoms with E-state index in [4.69, 9.17) is 0 Å². The third-order valence-electron chi connectivity index (χ3n) is 3.55. The summed E-state index contributed by atoms with van der Waals surface area (Å²) in [5, 5.41) is 3.14. The topological polar surface area (TPSA) is 66.4 Å². The van der Waals surface area contributed by atoms with Crippen LogP contribution in [-0.4, -0.2) is 23.9 Å². The van der Waals surface area contributed by atoms with Crippen LogP contribution in [0.1, 0.15) is 38.5 Å². The Morgan fingerprint density at radius 2 is 1.88 bits per heavy atom. The molecule has 1 fully saturated rings. The molecule has 1 atom stereocenters. The van der Waals surface area contributed by atoms with Crippen molar-refractivity contribution in [2.75, 3.05) is 0 Å². The molecule has 2 aliphatic carbocycles. The zero-order valence-electron chi connectivity index (χ0n) is 9.80. The van der Waals surface area contributed by atoms with Gasteiger partial charge in [0.15, 0.2) is 4.87 Å². The van der Waals surface area contributed by atoms with E-state index in [1.54, 1.807) is 24.3 Å². The average molecular weight is 257 g/mol. The second-order valence-electron chi connectivity index (χ2n) is 4.84. The Kier molecular flexibility index (Phi) is 3.70. The smallest absolute Gasteiger partial charge is 0.288 e. The molecular formula is C12H19NO3S. The lowest BCUT2D eigenvalue weighted by atomic mass is 9.94. The molecule has 0 spiro atoms. The third kappa shape index (κ3) is 2.78. The molecule has 2 rings (SSSR count). The van der Waals surface area contributed by atoms with Gasteiger partial charge in [-0.2, -0.15) is 8.42 Å². The van der Waals surface area contributed by atoms with E-state index in [1.165, 1.54) is 6.42 Å². The van der Waals surface area contributed by atoms with E-state index in [1.807, 2.05) is 0 Å². The Hall–Kier alpha value is -0.650. The van der Waals surface area contributed by atoms with Gasteiger partial charge in [-0.05, 0) is 18.9 Å². The molecule has 0 aromatic carbocycles. The van der Waals surface area contributed by atoms with E-state index >= 15 is 0 Å². The molecule has 0 heterocycles. The third-order valence-corrected chi connectivity index (χ3v) is 4.89. The number of hydrogen-bond donors (Lipinski definition) is 2. The average Bonchev–Trinajstić information content (AvgIpc) is 2.30.